The van der Waals surface area contributed by atoms with Gasteiger partial charge in [0.1, 0.15) is 0 Å². The second-order valence-electron chi connectivity index (χ2n) is 8.72. The number of unbranched alkanes of at least 4 members (excludes halogenated alkanes) is 11. The van der Waals surface area contributed by atoms with Crippen LogP contribution in [0.5, 0.6) is 0 Å². The first-order valence-electron chi connectivity index (χ1n) is 11.7. The summed E-state index contributed by atoms with van der Waals surface area (Å²) in [6.07, 6.45) is 22.6. The van der Waals surface area contributed by atoms with E-state index >= 15 is 0 Å². The highest BCUT2D eigenvalue weighted by Crippen LogP contribution is 2.23. The second kappa shape index (κ2) is 17.6. The van der Waals surface area contributed by atoms with Crippen molar-refractivity contribution < 1.29 is 4.43 Å². The van der Waals surface area contributed by atoms with Gasteiger partial charge in [0.05, 0.1) is 0 Å². The Hall–Kier alpha value is 0.177. The summed E-state index contributed by atoms with van der Waals surface area (Å²) in [6, 6.07) is 1.36. The molecule has 25 heavy (non-hydrogen) atoms. The molecular formula is C23H50OSi. The molecule has 1 atom stereocenters. The third kappa shape index (κ3) is 17.4. The predicted octanol–water partition coefficient (Wildman–Crippen LogP) is 8.88. The van der Waals surface area contributed by atoms with Gasteiger partial charge < -0.3 is 4.43 Å². The molecule has 0 aliphatic heterocycles. The molecule has 0 radical (unpaired) electrons. The standard InChI is InChI=1S/C23H50OSi/c1-6-9-11-13-15-16-18-21-23(20-8-3)24-25(4,5)22-19-17-14-12-10-7-2/h23H,6-22H2,1-5H3. The molecule has 0 rings (SSSR count). The molecule has 0 amide bonds. The summed E-state index contributed by atoms with van der Waals surface area (Å²) >= 11 is 0. The summed E-state index contributed by atoms with van der Waals surface area (Å²) in [5.74, 6) is 0. The first-order chi connectivity index (χ1) is 12.1. The molecule has 0 heterocycles. The van der Waals surface area contributed by atoms with Gasteiger partial charge >= 0.3 is 0 Å². The van der Waals surface area contributed by atoms with Gasteiger partial charge in [-0.05, 0) is 32.0 Å². The van der Waals surface area contributed by atoms with Gasteiger partial charge in [0.2, 0.25) is 0 Å². The van der Waals surface area contributed by atoms with E-state index in [1.807, 2.05) is 0 Å². The number of hydrogen-bond donors (Lipinski definition) is 0. The van der Waals surface area contributed by atoms with Crippen LogP contribution in [0.3, 0.4) is 0 Å². The molecule has 0 aromatic rings. The summed E-state index contributed by atoms with van der Waals surface area (Å²) in [7, 11) is -1.46. The zero-order valence-corrected chi connectivity index (χ0v) is 19.5. The Morgan fingerprint density at radius 1 is 0.560 bits per heavy atom. The van der Waals surface area contributed by atoms with Crippen molar-refractivity contribution in [1.82, 2.24) is 0 Å². The van der Waals surface area contributed by atoms with Crippen LogP contribution in [0.4, 0.5) is 0 Å². The smallest absolute Gasteiger partial charge is 0.187 e. The van der Waals surface area contributed by atoms with E-state index in [0.717, 1.165) is 0 Å². The zero-order chi connectivity index (χ0) is 18.8. The van der Waals surface area contributed by atoms with Crippen LogP contribution in [0, 0.1) is 0 Å². The van der Waals surface area contributed by atoms with Crippen LogP contribution in [-0.2, 0) is 4.43 Å². The monoisotopic (exact) mass is 370 g/mol. The fraction of sp³-hybridized carbons (Fsp3) is 1.00. The lowest BCUT2D eigenvalue weighted by Crippen LogP contribution is -2.35. The SMILES string of the molecule is CCCCCCCCCC(CCC)O[Si](C)(C)CCCCCCCC. The van der Waals surface area contributed by atoms with Gasteiger partial charge in [0, 0.05) is 6.10 Å². The lowest BCUT2D eigenvalue weighted by atomic mass is 10.0. The Labute approximate surface area is 161 Å². The Kier molecular flexibility index (Phi) is 17.7. The largest absolute Gasteiger partial charge is 0.414 e. The van der Waals surface area contributed by atoms with Crippen LogP contribution in [0.15, 0.2) is 0 Å². The van der Waals surface area contributed by atoms with Gasteiger partial charge in [-0.1, -0.05) is 111 Å². The van der Waals surface area contributed by atoms with E-state index in [1.54, 1.807) is 0 Å². The minimum atomic E-state index is -1.46. The lowest BCUT2D eigenvalue weighted by Gasteiger charge is -2.29. The van der Waals surface area contributed by atoms with Crippen LogP contribution in [-0.4, -0.2) is 14.4 Å². The van der Waals surface area contributed by atoms with Gasteiger partial charge in [0.25, 0.3) is 0 Å². The summed E-state index contributed by atoms with van der Waals surface area (Å²) < 4.78 is 6.69. The quantitative estimate of drug-likeness (QED) is 0.163. The van der Waals surface area contributed by atoms with Crippen LogP contribution in [0.2, 0.25) is 19.1 Å². The Morgan fingerprint density at radius 3 is 1.56 bits per heavy atom. The highest BCUT2D eigenvalue weighted by atomic mass is 28.4. The second-order valence-corrected chi connectivity index (χ2v) is 13.0. The van der Waals surface area contributed by atoms with Gasteiger partial charge in [-0.25, -0.2) is 0 Å². The molecule has 0 saturated heterocycles. The van der Waals surface area contributed by atoms with Crippen molar-refractivity contribution in [3.63, 3.8) is 0 Å². The third-order valence-corrected chi connectivity index (χ3v) is 7.89. The van der Waals surface area contributed by atoms with Crippen LogP contribution >= 0.6 is 0 Å². The van der Waals surface area contributed by atoms with Crippen LogP contribution < -0.4 is 0 Å². The maximum atomic E-state index is 6.69. The van der Waals surface area contributed by atoms with E-state index in [2.05, 4.69) is 33.9 Å². The van der Waals surface area contributed by atoms with Crippen molar-refractivity contribution >= 4 is 8.32 Å². The Bertz CT molecular complexity index is 265. The molecule has 0 spiro atoms. The first-order valence-corrected chi connectivity index (χ1v) is 14.8. The van der Waals surface area contributed by atoms with Gasteiger partial charge in [-0.15, -0.1) is 0 Å². The molecule has 0 bridgehead atoms. The van der Waals surface area contributed by atoms with E-state index in [9.17, 15) is 0 Å². The Morgan fingerprint density at radius 2 is 1.04 bits per heavy atom. The average molecular weight is 371 g/mol. The van der Waals surface area contributed by atoms with E-state index in [1.165, 1.54) is 109 Å². The maximum Gasteiger partial charge on any atom is 0.187 e. The molecule has 0 N–H and O–H groups in total. The molecule has 1 nitrogen and oxygen atoms in total. The molecule has 152 valence electrons. The Balaban J connectivity index is 3.88. The van der Waals surface area contributed by atoms with E-state index in [-0.39, 0.29) is 0 Å². The molecule has 0 aliphatic rings. The summed E-state index contributed by atoms with van der Waals surface area (Å²) in [4.78, 5) is 0. The van der Waals surface area contributed by atoms with Gasteiger partial charge in [-0.2, -0.15) is 0 Å². The van der Waals surface area contributed by atoms with Crippen molar-refractivity contribution in [2.24, 2.45) is 0 Å². The zero-order valence-electron chi connectivity index (χ0n) is 18.5. The minimum absolute atomic E-state index is 0.544. The summed E-state index contributed by atoms with van der Waals surface area (Å²) in [6.45, 7) is 11.8. The van der Waals surface area contributed by atoms with Gasteiger partial charge in [-0.3, -0.25) is 0 Å². The molecule has 2 heteroatoms. The summed E-state index contributed by atoms with van der Waals surface area (Å²) in [5, 5.41) is 0. The molecule has 1 unspecified atom stereocenters. The molecule has 0 saturated carbocycles. The fourth-order valence-corrected chi connectivity index (χ4v) is 6.11. The highest BCUT2D eigenvalue weighted by molar-refractivity contribution is 6.71. The molecule has 0 aliphatic carbocycles. The van der Waals surface area contributed by atoms with Crippen LogP contribution in [0.1, 0.15) is 124 Å². The van der Waals surface area contributed by atoms with Crippen molar-refractivity contribution in [3.8, 4) is 0 Å². The van der Waals surface area contributed by atoms with E-state index in [0.29, 0.717) is 6.10 Å². The van der Waals surface area contributed by atoms with Gasteiger partial charge in [0.15, 0.2) is 8.32 Å². The molecule has 0 fully saturated rings. The predicted molar refractivity (Wildman–Crippen MR) is 118 cm³/mol. The normalized spacial score (nSPS) is 13.3. The molecule has 0 aromatic heterocycles. The van der Waals surface area contributed by atoms with E-state index < -0.39 is 8.32 Å². The van der Waals surface area contributed by atoms with Crippen molar-refractivity contribution in [2.45, 2.75) is 149 Å². The van der Waals surface area contributed by atoms with Crippen molar-refractivity contribution in [1.29, 1.82) is 0 Å². The number of hydrogen-bond acceptors (Lipinski definition) is 1. The van der Waals surface area contributed by atoms with Crippen molar-refractivity contribution in [2.75, 3.05) is 0 Å². The minimum Gasteiger partial charge on any atom is -0.414 e. The average Bonchev–Trinajstić information content (AvgIpc) is 2.57. The number of rotatable bonds is 19. The lowest BCUT2D eigenvalue weighted by molar-refractivity contribution is 0.165. The first kappa shape index (κ1) is 25.2. The maximum absolute atomic E-state index is 6.69. The fourth-order valence-electron chi connectivity index (χ4n) is 3.75. The van der Waals surface area contributed by atoms with Crippen molar-refractivity contribution in [3.05, 3.63) is 0 Å². The van der Waals surface area contributed by atoms with E-state index in [4.69, 9.17) is 4.43 Å². The van der Waals surface area contributed by atoms with Crippen LogP contribution in [0.25, 0.3) is 0 Å². The highest BCUT2D eigenvalue weighted by Gasteiger charge is 2.25. The molecular weight excluding hydrogens is 320 g/mol. The summed E-state index contributed by atoms with van der Waals surface area (Å²) in [5.41, 5.74) is 0. The third-order valence-electron chi connectivity index (χ3n) is 5.36. The molecule has 0 aromatic carbocycles. The topological polar surface area (TPSA) is 9.23 Å².